The van der Waals surface area contributed by atoms with Gasteiger partial charge in [0.2, 0.25) is 19.1 Å². The molecule has 7 rings (SSSR count). The van der Waals surface area contributed by atoms with Gasteiger partial charge in [0.15, 0.2) is 17.3 Å². The first-order valence-corrected chi connectivity index (χ1v) is 11.1. The molecule has 3 heterocycles. The Kier molecular flexibility index (Phi) is 4.02. The summed E-state index contributed by atoms with van der Waals surface area (Å²) in [5, 5.41) is 24.1. The molecule has 0 saturated heterocycles. The average molecular weight is 435 g/mol. The van der Waals surface area contributed by atoms with Crippen molar-refractivity contribution in [1.29, 1.82) is 5.26 Å². The van der Waals surface area contributed by atoms with Gasteiger partial charge >= 0.3 is 0 Å². The lowest BCUT2D eigenvalue weighted by molar-refractivity contribution is 0.0467. The van der Waals surface area contributed by atoms with E-state index in [2.05, 4.69) is 21.3 Å². The van der Waals surface area contributed by atoms with E-state index in [9.17, 15) is 10.4 Å². The number of nitrogens with one attached hydrogen (secondary N) is 1. The fourth-order valence-corrected chi connectivity index (χ4v) is 5.72. The van der Waals surface area contributed by atoms with Gasteiger partial charge in [-0.3, -0.25) is 0 Å². The molecule has 32 heavy (non-hydrogen) atoms. The Hall–Kier alpha value is -3.25. The van der Waals surface area contributed by atoms with Gasteiger partial charge in [0.25, 0.3) is 0 Å². The molecule has 2 aliphatic heterocycles. The van der Waals surface area contributed by atoms with E-state index in [1.807, 2.05) is 31.0 Å². The molecule has 1 aromatic heterocycles. The Balaban J connectivity index is 1.34. The summed E-state index contributed by atoms with van der Waals surface area (Å²) in [6, 6.07) is 6.40. The highest BCUT2D eigenvalue weighted by atomic mass is 16.7. The predicted molar refractivity (Wildman–Crippen MR) is 118 cm³/mol. The van der Waals surface area contributed by atoms with Crippen LogP contribution in [0, 0.1) is 23.7 Å². The molecule has 9 nitrogen and oxygen atoms in total. The van der Waals surface area contributed by atoms with E-state index in [4.69, 9.17) is 14.5 Å². The molecule has 1 unspecified atom stereocenters. The fraction of sp³-hybridized carbons (Fsp3) is 0.522. The number of hydrogen-bond donors (Lipinski definition) is 2. The Morgan fingerprint density at radius 3 is 2.53 bits per heavy atom. The summed E-state index contributed by atoms with van der Waals surface area (Å²) in [4.78, 5) is 13.3. The van der Waals surface area contributed by atoms with E-state index in [1.54, 1.807) is 6.20 Å². The Morgan fingerprint density at radius 2 is 1.84 bits per heavy atom. The van der Waals surface area contributed by atoms with Crippen molar-refractivity contribution in [2.45, 2.75) is 57.3 Å². The van der Waals surface area contributed by atoms with Crippen LogP contribution in [0.4, 0.5) is 23.1 Å². The molecule has 1 atom stereocenters. The van der Waals surface area contributed by atoms with E-state index in [0.717, 1.165) is 67.0 Å². The maximum Gasteiger partial charge on any atom is 0.231 e. The van der Waals surface area contributed by atoms with Crippen molar-refractivity contribution in [2.24, 2.45) is 5.41 Å². The van der Waals surface area contributed by atoms with Crippen LogP contribution in [-0.2, 0) is 0 Å². The topological polar surface area (TPSA) is 107 Å². The molecular formula is C23H26N6O3. The van der Waals surface area contributed by atoms with Crippen LogP contribution in [0.25, 0.3) is 0 Å². The zero-order valence-electron chi connectivity index (χ0n) is 18.3. The van der Waals surface area contributed by atoms with Crippen LogP contribution in [0.15, 0.2) is 18.3 Å². The van der Waals surface area contributed by atoms with Gasteiger partial charge in [-0.2, -0.15) is 10.2 Å². The molecule has 9 heteroatoms. The molecule has 0 spiro atoms. The number of rotatable bonds is 3. The van der Waals surface area contributed by atoms with Gasteiger partial charge in [-0.15, -0.1) is 0 Å². The molecule has 1 aromatic carbocycles. The number of anilines is 4. The Morgan fingerprint density at radius 1 is 1.16 bits per heavy atom. The summed E-state index contributed by atoms with van der Waals surface area (Å²) in [6.07, 6.45) is 6.25. The van der Waals surface area contributed by atoms with Gasteiger partial charge < -0.3 is 29.7 Å². The van der Waals surface area contributed by atoms with Crippen molar-refractivity contribution >= 4 is 23.1 Å². The molecule has 166 valence electrons. The van der Waals surface area contributed by atoms with Crippen LogP contribution >= 0.6 is 0 Å². The average Bonchev–Trinajstić information content (AvgIpc) is 3.37. The number of ether oxygens (including phenoxy) is 2. The Bertz CT molecular complexity index is 1120. The number of nitrogens with zero attached hydrogens (tertiary/aromatic N) is 5. The summed E-state index contributed by atoms with van der Waals surface area (Å²) in [5.41, 5.74) is 2.29. The van der Waals surface area contributed by atoms with Crippen LogP contribution in [0.1, 0.15) is 44.1 Å². The second-order valence-corrected chi connectivity index (χ2v) is 9.49. The highest BCUT2D eigenvalue weighted by Gasteiger charge is 2.56. The smallest absolute Gasteiger partial charge is 0.231 e. The van der Waals surface area contributed by atoms with Crippen LogP contribution < -0.4 is 24.6 Å². The fourth-order valence-electron chi connectivity index (χ4n) is 5.72. The van der Waals surface area contributed by atoms with Gasteiger partial charge in [0.1, 0.15) is 5.69 Å². The molecule has 0 amide bonds. The summed E-state index contributed by atoms with van der Waals surface area (Å²) in [6.45, 7) is 2.22. The number of aryl methyl sites for hydroxylation is 1. The number of aliphatic hydroxyl groups is 1. The molecule has 3 saturated carbocycles. The second kappa shape index (κ2) is 6.62. The molecule has 0 radical (unpaired) electrons. The molecule has 5 aliphatic rings. The van der Waals surface area contributed by atoms with Gasteiger partial charge in [-0.1, -0.05) is 0 Å². The zero-order valence-corrected chi connectivity index (χ0v) is 18.3. The van der Waals surface area contributed by atoms with Crippen molar-refractivity contribution in [2.75, 3.05) is 29.0 Å². The lowest BCUT2D eigenvalue weighted by Crippen LogP contribution is -2.61. The minimum absolute atomic E-state index is 0.183. The summed E-state index contributed by atoms with van der Waals surface area (Å²) in [7, 11) is 1.86. The monoisotopic (exact) mass is 434 g/mol. The van der Waals surface area contributed by atoms with Crippen molar-refractivity contribution in [3.63, 3.8) is 0 Å². The minimum Gasteiger partial charge on any atom is -0.454 e. The summed E-state index contributed by atoms with van der Waals surface area (Å²) >= 11 is 0. The number of fused-ring (bicyclic) bond motifs is 5. The van der Waals surface area contributed by atoms with E-state index >= 15 is 0 Å². The molecule has 3 fully saturated rings. The van der Waals surface area contributed by atoms with Gasteiger partial charge in [-0.05, 0) is 57.1 Å². The number of nitriles is 1. The van der Waals surface area contributed by atoms with E-state index in [0.29, 0.717) is 11.7 Å². The summed E-state index contributed by atoms with van der Waals surface area (Å²) < 4.78 is 11.0. The highest BCUT2D eigenvalue weighted by molar-refractivity contribution is 5.76. The lowest BCUT2D eigenvalue weighted by atomic mass is 9.57. The van der Waals surface area contributed by atoms with Crippen LogP contribution in [0.5, 0.6) is 11.5 Å². The first-order chi connectivity index (χ1) is 15.4. The highest BCUT2D eigenvalue weighted by Crippen LogP contribution is 2.57. The van der Waals surface area contributed by atoms with Crippen molar-refractivity contribution in [3.05, 3.63) is 23.9 Å². The van der Waals surface area contributed by atoms with E-state index < -0.39 is 6.35 Å². The van der Waals surface area contributed by atoms with E-state index in [1.165, 1.54) is 0 Å². The van der Waals surface area contributed by atoms with Crippen LogP contribution in [0.3, 0.4) is 0 Å². The number of aromatic nitrogens is 2. The minimum atomic E-state index is -0.797. The molecular weight excluding hydrogens is 408 g/mol. The van der Waals surface area contributed by atoms with Crippen molar-refractivity contribution in [3.8, 4) is 17.6 Å². The Labute approximate surface area is 186 Å². The third kappa shape index (κ3) is 2.65. The largest absolute Gasteiger partial charge is 0.454 e. The van der Waals surface area contributed by atoms with E-state index in [-0.39, 0.29) is 17.7 Å². The number of benzene rings is 1. The molecule has 2 aromatic rings. The number of hydrogen-bond acceptors (Lipinski definition) is 9. The van der Waals surface area contributed by atoms with Crippen molar-refractivity contribution < 1.29 is 14.6 Å². The molecule has 2 N–H and O–H groups in total. The maximum absolute atomic E-state index is 11.2. The quantitative estimate of drug-likeness (QED) is 0.751. The number of aliphatic hydroxyl groups excluding tert-OH is 1. The van der Waals surface area contributed by atoms with Crippen LogP contribution in [-0.4, -0.2) is 40.8 Å². The van der Waals surface area contributed by atoms with Gasteiger partial charge in [0.05, 0.1) is 17.7 Å². The molecule has 3 aliphatic carbocycles. The lowest BCUT2D eigenvalue weighted by Gasteiger charge is -2.55. The van der Waals surface area contributed by atoms with Gasteiger partial charge in [-0.25, -0.2) is 4.98 Å². The molecule has 2 bridgehead atoms. The normalized spacial score (nSPS) is 29.8. The third-order valence-electron chi connectivity index (χ3n) is 7.86. The third-order valence-corrected chi connectivity index (χ3v) is 7.86. The first-order valence-electron chi connectivity index (χ1n) is 11.1. The SMILES string of the molecule is Cc1cc2c(cc1Nc1ncc3c(n1)N(C14CCC(C#N)(CC1)CC4)C(O)N3C)OCO2. The predicted octanol–water partition coefficient (Wildman–Crippen LogP) is 3.41. The maximum atomic E-state index is 11.2. The second-order valence-electron chi connectivity index (χ2n) is 9.49. The van der Waals surface area contributed by atoms with Gasteiger partial charge in [0, 0.05) is 24.3 Å². The standard InChI is InChI=1S/C23H26N6O3/c1-14-9-17-18(32-13-31-17)10-15(14)26-20-25-11-16-19(27-20)29(21(30)28(16)2)23-6-3-22(12-24,4-7-23)5-8-23/h9-11,21,30H,3-8,13H2,1-2H3,(H,25,26,27). The summed E-state index contributed by atoms with van der Waals surface area (Å²) in [5.74, 6) is 2.64. The van der Waals surface area contributed by atoms with Crippen molar-refractivity contribution in [1.82, 2.24) is 9.97 Å². The first kappa shape index (κ1) is 19.4. The zero-order chi connectivity index (χ0) is 22.1. The van der Waals surface area contributed by atoms with Crippen LogP contribution in [0.2, 0.25) is 0 Å².